The number of aliphatic imine (C=N–C) groups is 2. The summed E-state index contributed by atoms with van der Waals surface area (Å²) in [7, 11) is 5.59. The van der Waals surface area contributed by atoms with Gasteiger partial charge in [0, 0.05) is 30.1 Å². The molecule has 2 aliphatic heterocycles. The van der Waals surface area contributed by atoms with Crippen molar-refractivity contribution in [1.29, 1.82) is 0 Å². The summed E-state index contributed by atoms with van der Waals surface area (Å²) in [5.41, 5.74) is 14.8. The highest BCUT2D eigenvalue weighted by Gasteiger charge is 2.48. The number of likely N-dealkylation sites (N-methyl/N-ethyl adjacent to an activating group) is 1. The van der Waals surface area contributed by atoms with Crippen molar-refractivity contribution in [2.24, 2.45) is 21.5 Å². The monoisotopic (exact) mass is 631 g/mol. The molecule has 2 aliphatic rings. The van der Waals surface area contributed by atoms with Crippen molar-refractivity contribution in [3.8, 4) is 23.0 Å². The summed E-state index contributed by atoms with van der Waals surface area (Å²) >= 11 is 3.14. The number of halogens is 3. The number of thioether (sulfide) groups is 2. The molecule has 2 heterocycles. The Hall–Kier alpha value is -3.50. The van der Waals surface area contributed by atoms with Crippen LogP contribution in [-0.4, -0.2) is 94.1 Å². The predicted molar refractivity (Wildman–Crippen MR) is 155 cm³/mol. The van der Waals surface area contributed by atoms with Gasteiger partial charge in [-0.3, -0.25) is 9.98 Å². The molecule has 0 amide bonds. The first-order chi connectivity index (χ1) is 19.6. The van der Waals surface area contributed by atoms with Crippen LogP contribution in [-0.2, 0) is 17.6 Å². The quantitative estimate of drug-likeness (QED) is 0.143. The molecule has 0 fully saturated rings. The van der Waals surface area contributed by atoms with Crippen LogP contribution in [0.25, 0.3) is 0 Å². The number of ether oxygens (including phenoxy) is 1. The molecule has 2 aromatic carbocycles. The zero-order valence-corrected chi connectivity index (χ0v) is 24.7. The van der Waals surface area contributed by atoms with Crippen LogP contribution in [0.15, 0.2) is 38.0 Å². The standard InChI is InChI=1S/C24H31N5O4S2.C2HF3O2/c1-29(2)9-5-14-11-18(33-3)19(32)21-20(14)34-24(35-21,6-8-28-23(25)26)22-15-12-17(31)16(30)10-13(15)4-7-27-22;3-2(4,5)1(6)7/h10-12,30-32H,4-9H2,1-3H3,(H4,25,26,28);(H,6,7). The molecule has 0 radical (unpaired) electrons. The number of hydrogen-bond acceptors (Lipinski definition) is 10. The Morgan fingerprint density at radius 2 is 1.76 bits per heavy atom. The largest absolute Gasteiger partial charge is 0.504 e. The highest BCUT2D eigenvalue weighted by atomic mass is 32.2. The third-order valence-electron chi connectivity index (χ3n) is 6.28. The maximum atomic E-state index is 11.1. The van der Waals surface area contributed by atoms with Gasteiger partial charge in [0.25, 0.3) is 0 Å². The number of carboxylic acid groups (broad SMARTS) is 1. The Morgan fingerprint density at radius 3 is 2.33 bits per heavy atom. The number of aromatic hydroxyl groups is 3. The first kappa shape index (κ1) is 33.0. The van der Waals surface area contributed by atoms with Crippen LogP contribution in [0.2, 0.25) is 0 Å². The van der Waals surface area contributed by atoms with E-state index in [-0.39, 0.29) is 23.2 Å². The summed E-state index contributed by atoms with van der Waals surface area (Å²) in [5.74, 6) is -2.56. The summed E-state index contributed by atoms with van der Waals surface area (Å²) in [5, 5.41) is 38.6. The SMILES string of the molecule is COc1cc(CCN(C)C)c2c(c1O)SC(CCN=C(N)N)(C1=NCCc3cc(O)c(O)cc31)S2.O=C(O)C(F)(F)F. The number of phenols is 3. The van der Waals surface area contributed by atoms with Gasteiger partial charge in [0.2, 0.25) is 0 Å². The average Bonchev–Trinajstić information content (AvgIpc) is 3.29. The average molecular weight is 632 g/mol. The van der Waals surface area contributed by atoms with E-state index in [4.69, 9.17) is 31.1 Å². The predicted octanol–water partition coefficient (Wildman–Crippen LogP) is 3.15. The number of fused-ring (bicyclic) bond motifs is 2. The number of alkyl halides is 3. The molecule has 0 aliphatic carbocycles. The Balaban J connectivity index is 0.000000616. The molecular weight excluding hydrogens is 599 g/mol. The van der Waals surface area contributed by atoms with Crippen LogP contribution in [0.3, 0.4) is 0 Å². The second-order valence-electron chi connectivity index (χ2n) is 9.59. The number of nitrogens with two attached hydrogens (primary N) is 2. The molecule has 11 nitrogen and oxygen atoms in total. The van der Waals surface area contributed by atoms with Gasteiger partial charge in [-0.15, -0.1) is 0 Å². The van der Waals surface area contributed by atoms with Gasteiger partial charge in [0.1, 0.15) is 4.08 Å². The number of carboxylic acids is 1. The molecule has 8 N–H and O–H groups in total. The maximum absolute atomic E-state index is 11.1. The van der Waals surface area contributed by atoms with Gasteiger partial charge in [-0.25, -0.2) is 4.79 Å². The van der Waals surface area contributed by atoms with E-state index >= 15 is 0 Å². The van der Waals surface area contributed by atoms with Gasteiger partial charge in [-0.2, -0.15) is 13.2 Å². The summed E-state index contributed by atoms with van der Waals surface area (Å²) in [6.07, 6.45) is -3.11. The van der Waals surface area contributed by atoms with Crippen molar-refractivity contribution in [1.82, 2.24) is 4.90 Å². The van der Waals surface area contributed by atoms with Crippen LogP contribution >= 0.6 is 23.5 Å². The van der Waals surface area contributed by atoms with Gasteiger partial charge in [-0.05, 0) is 62.7 Å². The van der Waals surface area contributed by atoms with E-state index in [1.54, 1.807) is 31.0 Å². The Morgan fingerprint density at radius 1 is 1.14 bits per heavy atom. The molecular formula is C26H32F3N5O6S2. The number of guanidine groups is 1. The van der Waals surface area contributed by atoms with Crippen molar-refractivity contribution in [3.05, 3.63) is 34.9 Å². The fourth-order valence-corrected chi connectivity index (χ4v) is 7.70. The Kier molecular flexibility index (Phi) is 10.4. The van der Waals surface area contributed by atoms with Crippen molar-refractivity contribution in [2.75, 3.05) is 40.8 Å². The van der Waals surface area contributed by atoms with E-state index in [1.165, 1.54) is 11.8 Å². The lowest BCUT2D eigenvalue weighted by molar-refractivity contribution is -0.192. The number of nitrogens with zero attached hydrogens (tertiary/aromatic N) is 3. The minimum Gasteiger partial charge on any atom is -0.504 e. The number of hydrogen-bond donors (Lipinski definition) is 6. The third-order valence-corrected chi connectivity index (χ3v) is 9.63. The molecule has 4 rings (SSSR count). The van der Waals surface area contributed by atoms with Crippen LogP contribution < -0.4 is 16.2 Å². The molecule has 0 aromatic heterocycles. The number of phenolic OH excluding ortho intramolecular Hbond substituents is 3. The number of rotatable bonds is 8. The zero-order valence-electron chi connectivity index (χ0n) is 23.0. The van der Waals surface area contributed by atoms with Gasteiger partial charge in [0.05, 0.1) is 17.7 Å². The van der Waals surface area contributed by atoms with Crippen LogP contribution in [0, 0.1) is 0 Å². The maximum Gasteiger partial charge on any atom is 0.490 e. The van der Waals surface area contributed by atoms with Gasteiger partial charge >= 0.3 is 12.1 Å². The molecule has 0 spiro atoms. The number of benzene rings is 2. The summed E-state index contributed by atoms with van der Waals surface area (Å²) < 4.78 is 36.6. The fourth-order valence-electron chi connectivity index (χ4n) is 4.30. The molecule has 0 saturated heterocycles. The third kappa shape index (κ3) is 7.46. The van der Waals surface area contributed by atoms with Crippen LogP contribution in [0.5, 0.6) is 23.0 Å². The Labute approximate surface area is 248 Å². The molecule has 1 atom stereocenters. The summed E-state index contributed by atoms with van der Waals surface area (Å²) in [6, 6.07) is 5.07. The fraction of sp³-hybridized carbons (Fsp3) is 0.423. The van der Waals surface area contributed by atoms with E-state index in [9.17, 15) is 28.5 Å². The van der Waals surface area contributed by atoms with Crippen LogP contribution in [0.4, 0.5) is 13.2 Å². The molecule has 1 unspecified atom stereocenters. The van der Waals surface area contributed by atoms with E-state index in [2.05, 4.69) is 9.89 Å². The van der Waals surface area contributed by atoms with E-state index in [1.807, 2.05) is 20.2 Å². The normalized spacial score (nSPS) is 17.5. The van der Waals surface area contributed by atoms with Crippen molar-refractivity contribution in [2.45, 2.75) is 39.3 Å². The highest BCUT2D eigenvalue weighted by Crippen LogP contribution is 2.64. The highest BCUT2D eigenvalue weighted by molar-refractivity contribution is 8.22. The molecule has 16 heteroatoms. The van der Waals surface area contributed by atoms with Gasteiger partial charge < -0.3 is 41.5 Å². The summed E-state index contributed by atoms with van der Waals surface area (Å²) in [4.78, 5) is 21.9. The second-order valence-corrected chi connectivity index (χ2v) is 12.5. The Bertz CT molecular complexity index is 1400. The lowest BCUT2D eigenvalue weighted by Gasteiger charge is -2.32. The van der Waals surface area contributed by atoms with E-state index in [0.717, 1.165) is 45.2 Å². The lowest BCUT2D eigenvalue weighted by atomic mass is 9.93. The number of aliphatic carboxylic acids is 1. The van der Waals surface area contributed by atoms with Crippen molar-refractivity contribution in [3.63, 3.8) is 0 Å². The van der Waals surface area contributed by atoms with Crippen molar-refractivity contribution >= 4 is 41.2 Å². The van der Waals surface area contributed by atoms with E-state index in [0.29, 0.717) is 31.7 Å². The second kappa shape index (κ2) is 13.2. The molecule has 2 aromatic rings. The molecule has 0 bridgehead atoms. The number of carbonyl (C=O) groups is 1. The number of methoxy groups -OCH3 is 1. The topological polar surface area (TPSA) is 187 Å². The van der Waals surface area contributed by atoms with Gasteiger partial charge in [-0.1, -0.05) is 23.5 Å². The van der Waals surface area contributed by atoms with Gasteiger partial charge in [0.15, 0.2) is 29.0 Å². The zero-order chi connectivity index (χ0) is 31.4. The van der Waals surface area contributed by atoms with Crippen molar-refractivity contribution < 1.29 is 43.1 Å². The summed E-state index contributed by atoms with van der Waals surface area (Å²) in [6.45, 7) is 1.75. The molecule has 0 saturated carbocycles. The molecule has 230 valence electrons. The molecule has 42 heavy (non-hydrogen) atoms. The van der Waals surface area contributed by atoms with Crippen LogP contribution in [0.1, 0.15) is 23.1 Å². The first-order valence-corrected chi connectivity index (χ1v) is 14.1. The first-order valence-electron chi connectivity index (χ1n) is 12.5. The lowest BCUT2D eigenvalue weighted by Crippen LogP contribution is -2.35. The smallest absolute Gasteiger partial charge is 0.490 e. The minimum atomic E-state index is -5.08. The van der Waals surface area contributed by atoms with E-state index < -0.39 is 16.2 Å². The minimum absolute atomic E-state index is 0.00963.